The van der Waals surface area contributed by atoms with Crippen LogP contribution >= 0.6 is 0 Å². The molecule has 0 aliphatic carbocycles. The van der Waals surface area contributed by atoms with Crippen molar-refractivity contribution >= 4 is 17.7 Å². The molecule has 0 atom stereocenters. The maximum atomic E-state index is 12.4. The summed E-state index contributed by atoms with van der Waals surface area (Å²) in [6, 6.07) is 14.1. The largest absolute Gasteiger partial charge is 0.434 e. The van der Waals surface area contributed by atoms with E-state index in [2.05, 4.69) is 4.74 Å². The van der Waals surface area contributed by atoms with Crippen LogP contribution in [0.2, 0.25) is 0 Å². The molecule has 0 saturated heterocycles. The van der Waals surface area contributed by atoms with E-state index in [0.29, 0.717) is 12.1 Å². The minimum absolute atomic E-state index is 0.0494. The van der Waals surface area contributed by atoms with Crippen LogP contribution in [0.1, 0.15) is 11.1 Å². The van der Waals surface area contributed by atoms with Crippen molar-refractivity contribution in [3.8, 4) is 5.75 Å². The number of ether oxygens (including phenoxy) is 1. The first kappa shape index (κ1) is 15.2. The number of halogens is 2. The van der Waals surface area contributed by atoms with Crippen molar-refractivity contribution in [3.05, 3.63) is 65.7 Å². The molecule has 0 spiro atoms. The maximum absolute atomic E-state index is 12.4. The molecule has 0 unspecified atom stereocenters. The lowest BCUT2D eigenvalue weighted by Crippen LogP contribution is -2.26. The van der Waals surface area contributed by atoms with Gasteiger partial charge in [0.15, 0.2) is 0 Å². The highest BCUT2D eigenvalue weighted by molar-refractivity contribution is 6.05. The SMILES string of the molecule is O=C(C=Cc1ccccc1OC(F)F)N1CCc2ccccc21. The van der Waals surface area contributed by atoms with Crippen LogP contribution < -0.4 is 9.64 Å². The van der Waals surface area contributed by atoms with Crippen molar-refractivity contribution in [2.75, 3.05) is 11.4 Å². The Kier molecular flexibility index (Phi) is 4.37. The van der Waals surface area contributed by atoms with Crippen LogP contribution in [0.4, 0.5) is 14.5 Å². The van der Waals surface area contributed by atoms with Crippen molar-refractivity contribution in [2.45, 2.75) is 13.0 Å². The molecule has 3 rings (SSSR count). The van der Waals surface area contributed by atoms with Gasteiger partial charge in [-0.15, -0.1) is 0 Å². The van der Waals surface area contributed by atoms with Crippen LogP contribution in [0.25, 0.3) is 6.08 Å². The number of alkyl halides is 2. The summed E-state index contributed by atoms with van der Waals surface area (Å²) in [5, 5.41) is 0. The number of fused-ring (bicyclic) bond motifs is 1. The van der Waals surface area contributed by atoms with Gasteiger partial charge in [0, 0.05) is 23.9 Å². The number of hydrogen-bond acceptors (Lipinski definition) is 2. The molecule has 0 saturated carbocycles. The van der Waals surface area contributed by atoms with Crippen LogP contribution in [-0.4, -0.2) is 19.1 Å². The van der Waals surface area contributed by atoms with Crippen LogP contribution in [0.5, 0.6) is 5.75 Å². The third kappa shape index (κ3) is 3.39. The highest BCUT2D eigenvalue weighted by Gasteiger charge is 2.22. The lowest BCUT2D eigenvalue weighted by Gasteiger charge is -2.15. The van der Waals surface area contributed by atoms with E-state index in [9.17, 15) is 13.6 Å². The number of amides is 1. The molecule has 5 heteroatoms. The van der Waals surface area contributed by atoms with Gasteiger partial charge in [-0.25, -0.2) is 0 Å². The third-order valence-electron chi connectivity index (χ3n) is 3.69. The van der Waals surface area contributed by atoms with Crippen molar-refractivity contribution in [2.24, 2.45) is 0 Å². The molecule has 1 amide bonds. The molecule has 1 aliphatic heterocycles. The smallest absolute Gasteiger partial charge is 0.387 e. The molecule has 0 N–H and O–H groups in total. The Morgan fingerprint density at radius 1 is 1.13 bits per heavy atom. The highest BCUT2D eigenvalue weighted by atomic mass is 19.3. The van der Waals surface area contributed by atoms with Gasteiger partial charge in [0.05, 0.1) is 0 Å². The van der Waals surface area contributed by atoms with E-state index in [4.69, 9.17) is 0 Å². The van der Waals surface area contributed by atoms with Gasteiger partial charge in [-0.05, 0) is 30.2 Å². The van der Waals surface area contributed by atoms with E-state index in [1.807, 2.05) is 24.3 Å². The van der Waals surface area contributed by atoms with E-state index in [-0.39, 0.29) is 11.7 Å². The normalized spacial score (nSPS) is 13.6. The first-order valence-corrected chi connectivity index (χ1v) is 7.26. The molecular weight excluding hydrogens is 300 g/mol. The first-order chi connectivity index (χ1) is 11.1. The summed E-state index contributed by atoms with van der Waals surface area (Å²) in [7, 11) is 0. The fourth-order valence-corrected chi connectivity index (χ4v) is 2.64. The molecule has 118 valence electrons. The van der Waals surface area contributed by atoms with Crippen molar-refractivity contribution in [1.82, 2.24) is 0 Å². The predicted molar refractivity (Wildman–Crippen MR) is 84.6 cm³/mol. The molecule has 23 heavy (non-hydrogen) atoms. The molecule has 0 radical (unpaired) electrons. The third-order valence-corrected chi connectivity index (χ3v) is 3.69. The molecule has 0 bridgehead atoms. The van der Waals surface area contributed by atoms with Gasteiger partial charge < -0.3 is 9.64 Å². The van der Waals surface area contributed by atoms with Gasteiger partial charge in [0.25, 0.3) is 5.91 Å². The minimum Gasteiger partial charge on any atom is -0.434 e. The van der Waals surface area contributed by atoms with E-state index in [1.54, 1.807) is 23.1 Å². The Labute approximate surface area is 132 Å². The molecule has 1 aliphatic rings. The number of anilines is 1. The van der Waals surface area contributed by atoms with Crippen LogP contribution in [0.3, 0.4) is 0 Å². The molecule has 3 nitrogen and oxygen atoms in total. The van der Waals surface area contributed by atoms with E-state index < -0.39 is 6.61 Å². The number of hydrogen-bond donors (Lipinski definition) is 0. The van der Waals surface area contributed by atoms with E-state index >= 15 is 0 Å². The van der Waals surface area contributed by atoms with Gasteiger partial charge >= 0.3 is 6.61 Å². The Bertz CT molecular complexity index is 743. The maximum Gasteiger partial charge on any atom is 0.387 e. The van der Waals surface area contributed by atoms with Crippen molar-refractivity contribution < 1.29 is 18.3 Å². The van der Waals surface area contributed by atoms with Gasteiger partial charge in [-0.2, -0.15) is 8.78 Å². The predicted octanol–water partition coefficient (Wildman–Crippen LogP) is 3.89. The Hall–Kier alpha value is -2.69. The van der Waals surface area contributed by atoms with E-state index in [1.165, 1.54) is 18.2 Å². The molecular formula is C18H15F2NO2. The number of carbonyl (C=O) groups is 1. The fraction of sp³-hybridized carbons (Fsp3) is 0.167. The highest BCUT2D eigenvalue weighted by Crippen LogP contribution is 2.28. The average Bonchev–Trinajstić information content (AvgIpc) is 2.97. The van der Waals surface area contributed by atoms with Crippen molar-refractivity contribution in [3.63, 3.8) is 0 Å². The quantitative estimate of drug-likeness (QED) is 0.801. The molecule has 0 aromatic heterocycles. The molecule has 2 aromatic carbocycles. The molecule has 2 aromatic rings. The monoisotopic (exact) mass is 315 g/mol. The number of para-hydroxylation sites is 2. The number of benzene rings is 2. The number of carbonyl (C=O) groups excluding carboxylic acids is 1. The van der Waals surface area contributed by atoms with Crippen LogP contribution in [0.15, 0.2) is 54.6 Å². The summed E-state index contributed by atoms with van der Waals surface area (Å²) in [6.07, 6.45) is 3.71. The van der Waals surface area contributed by atoms with Gasteiger partial charge in [0.2, 0.25) is 0 Å². The Morgan fingerprint density at radius 3 is 2.70 bits per heavy atom. The zero-order valence-electron chi connectivity index (χ0n) is 12.3. The fourth-order valence-electron chi connectivity index (χ4n) is 2.64. The lowest BCUT2D eigenvalue weighted by atomic mass is 10.1. The second kappa shape index (κ2) is 6.60. The average molecular weight is 315 g/mol. The molecule has 0 fully saturated rings. The van der Waals surface area contributed by atoms with Gasteiger partial charge in [-0.3, -0.25) is 4.79 Å². The van der Waals surface area contributed by atoms with Crippen LogP contribution in [-0.2, 0) is 11.2 Å². The summed E-state index contributed by atoms with van der Waals surface area (Å²) in [4.78, 5) is 14.0. The lowest BCUT2D eigenvalue weighted by molar-refractivity contribution is -0.114. The van der Waals surface area contributed by atoms with Gasteiger partial charge in [0.1, 0.15) is 5.75 Å². The number of nitrogens with zero attached hydrogens (tertiary/aromatic N) is 1. The molecule has 1 heterocycles. The summed E-state index contributed by atoms with van der Waals surface area (Å²) >= 11 is 0. The summed E-state index contributed by atoms with van der Waals surface area (Å²) < 4.78 is 29.2. The van der Waals surface area contributed by atoms with Gasteiger partial charge in [-0.1, -0.05) is 36.4 Å². The zero-order chi connectivity index (χ0) is 16.2. The Morgan fingerprint density at radius 2 is 1.87 bits per heavy atom. The minimum atomic E-state index is -2.90. The second-order valence-corrected chi connectivity index (χ2v) is 5.12. The topological polar surface area (TPSA) is 29.5 Å². The van der Waals surface area contributed by atoms with Crippen molar-refractivity contribution in [1.29, 1.82) is 0 Å². The number of rotatable bonds is 4. The summed E-state index contributed by atoms with van der Waals surface area (Å²) in [5.41, 5.74) is 2.48. The van der Waals surface area contributed by atoms with Crippen LogP contribution in [0, 0.1) is 0 Å². The standard InChI is InChI=1S/C18H15F2NO2/c19-18(20)23-16-8-4-2-6-14(16)9-10-17(22)21-12-11-13-5-1-3-7-15(13)21/h1-10,18H,11-12H2. The summed E-state index contributed by atoms with van der Waals surface area (Å²) in [6.45, 7) is -2.27. The summed E-state index contributed by atoms with van der Waals surface area (Å²) in [5.74, 6) is -0.129. The van der Waals surface area contributed by atoms with E-state index in [0.717, 1.165) is 17.7 Å². The second-order valence-electron chi connectivity index (χ2n) is 5.12. The Balaban J connectivity index is 1.78. The zero-order valence-corrected chi connectivity index (χ0v) is 12.3. The first-order valence-electron chi connectivity index (χ1n) is 7.26.